The minimum atomic E-state index is -1.10. The number of nitriles is 4. The molecule has 11 aromatic heterocycles. The van der Waals surface area contributed by atoms with Crippen LogP contribution in [0.3, 0.4) is 0 Å². The molecular weight excluding hydrogens is 1760 g/mol. The highest BCUT2D eigenvalue weighted by Crippen LogP contribution is 2.29. The zero-order valence-corrected chi connectivity index (χ0v) is 74.0. The van der Waals surface area contributed by atoms with Gasteiger partial charge in [-0.1, -0.05) is 106 Å². The molecule has 17 rings (SSSR count). The van der Waals surface area contributed by atoms with Gasteiger partial charge in [0.25, 0.3) is 5.91 Å². The number of likely N-dealkylation sites (tertiary alicyclic amines) is 1. The number of nitrogens with zero attached hydrogens (tertiary/aromatic N) is 29. The van der Waals surface area contributed by atoms with Gasteiger partial charge in [0.05, 0.1) is 148 Å². The summed E-state index contributed by atoms with van der Waals surface area (Å²) in [5.74, 6) is 2.44. The molecule has 0 bridgehead atoms. The summed E-state index contributed by atoms with van der Waals surface area (Å²) in [6, 6.07) is 64.0. The van der Waals surface area contributed by atoms with Crippen molar-refractivity contribution in [2.45, 2.75) is 79.1 Å². The van der Waals surface area contributed by atoms with Crippen molar-refractivity contribution in [1.29, 1.82) is 21.0 Å². The third-order valence-corrected chi connectivity index (χ3v) is 19.6. The molecule has 2 aliphatic heterocycles. The molecule has 15 aromatic rings. The summed E-state index contributed by atoms with van der Waals surface area (Å²) < 4.78 is 4.77. The number of amides is 1. The van der Waals surface area contributed by atoms with Gasteiger partial charge in [0.1, 0.15) is 45.6 Å². The minimum absolute atomic E-state index is 0.0321. The van der Waals surface area contributed by atoms with Crippen LogP contribution in [0.4, 0.5) is 23.8 Å². The number of nitrogens with one attached hydrogen (secondary N) is 1. The fourth-order valence-electron chi connectivity index (χ4n) is 13.1. The Morgan fingerprint density at radius 3 is 1.09 bits per heavy atom. The number of ketones is 2. The lowest BCUT2D eigenvalue weighted by molar-refractivity contribution is -0.193. The number of carboxylic acids is 1. The maximum Gasteiger partial charge on any atom is 0.373 e. The van der Waals surface area contributed by atoms with Gasteiger partial charge in [-0.15, -0.1) is 21.7 Å². The first-order valence-electron chi connectivity index (χ1n) is 41.7. The van der Waals surface area contributed by atoms with Gasteiger partial charge < -0.3 is 38.3 Å². The number of aromatic carboxylic acids is 1. The fourth-order valence-corrected chi connectivity index (χ4v) is 13.1. The Hall–Kier alpha value is -19.7. The highest BCUT2D eigenvalue weighted by Gasteiger charge is 2.22. The number of carbonyl (C=O) groups excluding carboxylic acids is 7. The molecule has 0 radical (unpaired) electrons. The molecule has 10 N–H and O–H groups in total. The van der Waals surface area contributed by atoms with Crippen molar-refractivity contribution in [2.75, 3.05) is 49.1 Å². The molecule has 0 atom stereocenters. The van der Waals surface area contributed by atoms with Crippen molar-refractivity contribution in [3.63, 3.8) is 0 Å². The highest BCUT2D eigenvalue weighted by molar-refractivity contribution is 5.93. The van der Waals surface area contributed by atoms with E-state index < -0.39 is 5.97 Å². The molecule has 1 amide bonds. The molecule has 2 fully saturated rings. The van der Waals surface area contributed by atoms with Crippen LogP contribution in [0.2, 0.25) is 0 Å². The average molecular weight is 1840 g/mol. The van der Waals surface area contributed by atoms with Gasteiger partial charge >= 0.3 is 18.3 Å². The number of carbonyl (C=O) groups is 4. The maximum atomic E-state index is 12.8. The Morgan fingerprint density at radius 2 is 0.754 bits per heavy atom. The molecule has 686 valence electrons. The second-order valence-corrected chi connectivity index (χ2v) is 29.6. The van der Waals surface area contributed by atoms with Crippen molar-refractivity contribution in [2.24, 2.45) is 11.0 Å². The van der Waals surface area contributed by atoms with Crippen molar-refractivity contribution in [1.82, 2.24) is 115 Å². The Balaban J connectivity index is 0.000000177. The van der Waals surface area contributed by atoms with Crippen LogP contribution >= 0.6 is 0 Å². The lowest BCUT2D eigenvalue weighted by Gasteiger charge is -2.26. The SMILES string of the molecule is C#Cc1cc(-c2cccc(C#N)c2)nc(N)n1.CC(=O)c1cccc(CN=[N+]=[N-])n1.CC(=O)c1cccc(Cn2cc(-c3cc(-c4cccc(C#N)c4)nc(N)n3)nn2)n1.CC1CCNCC1.N#Cc1cccc(-c2cc(-c3cn(Cc4cccc(C(=O)N5CCCCC5)n4)nn3)nc(N)n2)c1.N#Cc1cccc(-c2cc(-c3cn(Cc4cccc(C(=O)O)n4)nn3)nc(N)n2)c1.O=C=O.O=C=O. The van der Waals surface area contributed by atoms with Crippen LogP contribution < -0.4 is 28.3 Å². The summed E-state index contributed by atoms with van der Waals surface area (Å²) in [6.07, 6.45) is 16.9. The van der Waals surface area contributed by atoms with Gasteiger partial charge in [-0.05, 0) is 178 Å². The fraction of sp³-hybridized carbons (Fsp3) is 0.179. The molecule has 0 aliphatic carbocycles. The Bertz CT molecular complexity index is 7000. The summed E-state index contributed by atoms with van der Waals surface area (Å²) >= 11 is 0. The van der Waals surface area contributed by atoms with Gasteiger partial charge in [0, 0.05) is 59.8 Å². The van der Waals surface area contributed by atoms with Gasteiger partial charge in [0.2, 0.25) is 23.8 Å². The minimum Gasteiger partial charge on any atom is -0.477 e. The number of carboxylic acid groups (broad SMARTS) is 1. The van der Waals surface area contributed by atoms with E-state index in [1.165, 1.54) is 50.5 Å². The van der Waals surface area contributed by atoms with E-state index in [0.717, 1.165) is 60.5 Å². The summed E-state index contributed by atoms with van der Waals surface area (Å²) in [5.41, 5.74) is 46.0. The molecule has 0 unspecified atom stereocenters. The monoisotopic (exact) mass is 1840 g/mol. The number of rotatable bonds is 19. The number of azide groups is 1. The number of nitrogen functional groups attached to an aromatic ring is 4. The number of anilines is 4. The van der Waals surface area contributed by atoms with E-state index in [4.69, 9.17) is 75.0 Å². The zero-order valence-electron chi connectivity index (χ0n) is 74.0. The van der Waals surface area contributed by atoms with Crippen LogP contribution in [-0.2, 0) is 45.4 Å². The van der Waals surface area contributed by atoms with E-state index in [-0.39, 0.29) is 72.4 Å². The molecule has 2 aliphatic rings. The van der Waals surface area contributed by atoms with Crippen molar-refractivity contribution < 1.29 is 43.5 Å². The van der Waals surface area contributed by atoms with Crippen molar-refractivity contribution in [3.8, 4) is 116 Å². The summed E-state index contributed by atoms with van der Waals surface area (Å²) in [4.78, 5) is 134. The van der Waals surface area contributed by atoms with E-state index >= 15 is 0 Å². The number of Topliss-reactive ketones (excluding diaryl/α,β-unsaturated/α-hetero) is 2. The first-order valence-corrected chi connectivity index (χ1v) is 41.7. The first kappa shape index (κ1) is 100. The third-order valence-electron chi connectivity index (χ3n) is 19.6. The van der Waals surface area contributed by atoms with Crippen molar-refractivity contribution >= 4 is 59.5 Å². The van der Waals surface area contributed by atoms with Crippen LogP contribution in [0.1, 0.15) is 146 Å². The van der Waals surface area contributed by atoms with Crippen molar-refractivity contribution in [3.05, 3.63) is 297 Å². The molecule has 13 heterocycles. The molecule has 4 aromatic carbocycles. The number of piperidine rings is 2. The molecule has 0 spiro atoms. The molecule has 0 saturated carbocycles. The molecule has 138 heavy (non-hydrogen) atoms. The lowest BCUT2D eigenvalue weighted by atomic mass is 10.0. The van der Waals surface area contributed by atoms with Gasteiger partial charge in [-0.2, -0.15) is 40.2 Å². The average Bonchev–Trinajstić information content (AvgIpc) is 1.40. The van der Waals surface area contributed by atoms with E-state index in [1.807, 2.05) is 47.4 Å². The summed E-state index contributed by atoms with van der Waals surface area (Å²) in [6.45, 7) is 10.4. The third kappa shape index (κ3) is 30.4. The summed E-state index contributed by atoms with van der Waals surface area (Å²) in [5, 5.41) is 76.9. The Kier molecular flexibility index (Phi) is 37.1. The Morgan fingerprint density at radius 1 is 0.435 bits per heavy atom. The lowest BCUT2D eigenvalue weighted by Crippen LogP contribution is -2.36. The second kappa shape index (κ2) is 51.0. The van der Waals surface area contributed by atoms with Crippen LogP contribution in [0.25, 0.3) is 89.6 Å². The van der Waals surface area contributed by atoms with Crippen LogP contribution in [-0.4, -0.2) is 177 Å². The topological polar surface area (TPSA) is 667 Å². The quantitative estimate of drug-likeness (QED) is 0.0144. The number of benzene rings is 4. The largest absolute Gasteiger partial charge is 0.477 e. The van der Waals surface area contributed by atoms with Crippen LogP contribution in [0.15, 0.2) is 218 Å². The van der Waals surface area contributed by atoms with Gasteiger partial charge in [-0.3, -0.25) is 14.4 Å². The molecule has 43 nitrogen and oxygen atoms in total. The number of nitrogens with two attached hydrogens (primary N) is 4. The molecular formula is C95H82N34O9. The first-order chi connectivity index (χ1) is 66.8. The van der Waals surface area contributed by atoms with Gasteiger partial charge in [-0.25, -0.2) is 78.6 Å². The standard InChI is InChI=1S/C25H23N9O.C21H16N8O.C20H14N8O2.C13H8N4.C8H8N4O.C6H13N.2CO2/c26-14-17-6-4-7-18(12-17)21-13-22(30-25(27)29-21)23-16-34(32-31-23)15-19-8-5-9-20(28-19)24(35)33-10-2-1-3-11-33;1-13(30)17-7-3-6-16(24-17)11-29-12-20(27-28-29)19-9-18(25-21(23)26-19)15-5-2-4-14(8-15)10-22;21-9-12-3-1-4-13(7-12)16-8-17(25-20(22)24-16)18-11-28(27-26-18)10-14-5-2-6-15(23-14)19(29)30;1-2-11-7-12(17-13(15)16-11)10-5-3-4-9(6-10)8-14;1-6(13)8-4-2-3-7(11-8)5-10-12-9;1-6-2-4-7-5-3-6;2*2-1-3/h4-9,12-13,16H,1-3,10-11,15H2,(H2,27,29,30);2-9,12H,11H2,1H3,(H2,23,25,26);1-8,11H,10H2,(H,29,30)(H2,22,24,25);1,3-7H,(H2,15,16,17);2-4H,5H2,1H3;6-7H,2-5H2,1H3;;. The molecule has 2 saturated heterocycles. The van der Waals surface area contributed by atoms with E-state index in [1.54, 1.807) is 174 Å². The zero-order chi connectivity index (χ0) is 98.8. The second-order valence-electron chi connectivity index (χ2n) is 29.6. The van der Waals surface area contributed by atoms with E-state index in [0.29, 0.717) is 138 Å². The number of terminal acetylenes is 1. The van der Waals surface area contributed by atoms with Gasteiger partial charge in [0.15, 0.2) is 11.6 Å². The number of pyridine rings is 4. The van der Waals surface area contributed by atoms with E-state index in [9.17, 15) is 24.4 Å². The predicted molar refractivity (Wildman–Crippen MR) is 496 cm³/mol. The Labute approximate surface area is 786 Å². The number of hydrogen-bond acceptors (Lipinski definition) is 36. The summed E-state index contributed by atoms with van der Waals surface area (Å²) in [7, 11) is 0. The van der Waals surface area contributed by atoms with E-state index in [2.05, 4.69) is 143 Å². The number of aromatic nitrogens is 21. The smallest absolute Gasteiger partial charge is 0.373 e. The number of hydrogen-bond donors (Lipinski definition) is 6. The maximum absolute atomic E-state index is 12.8. The normalized spacial score (nSPS) is 11.4. The predicted octanol–water partition coefficient (Wildman–Crippen LogP) is 10.9. The van der Waals surface area contributed by atoms with Crippen LogP contribution in [0.5, 0.6) is 0 Å². The van der Waals surface area contributed by atoms with Crippen LogP contribution in [0, 0.1) is 63.6 Å². The highest BCUT2D eigenvalue weighted by atomic mass is 16.4. The molecule has 43 heteroatoms.